The van der Waals surface area contributed by atoms with Crippen LogP contribution in [-0.4, -0.2) is 17.3 Å². The van der Waals surface area contributed by atoms with Crippen molar-refractivity contribution in [3.63, 3.8) is 0 Å². The number of H-pyrrole nitrogens is 1. The molecule has 4 heteroatoms. The van der Waals surface area contributed by atoms with E-state index in [4.69, 9.17) is 16.3 Å². The summed E-state index contributed by atoms with van der Waals surface area (Å²) in [5.41, 5.74) is 0.819. The Morgan fingerprint density at radius 1 is 1.50 bits per heavy atom. The van der Waals surface area contributed by atoms with E-state index in [1.807, 2.05) is 18.2 Å². The standard InChI is InChI=1S/C8H7ClN2O/c1-12-5-2-3-6-7(4-5)10-11-8(6)9/h2-4H,1H3,(H,10,11). The summed E-state index contributed by atoms with van der Waals surface area (Å²) in [5, 5.41) is 8.15. The van der Waals surface area contributed by atoms with Crippen LogP contribution in [0.3, 0.4) is 0 Å². The van der Waals surface area contributed by atoms with E-state index in [9.17, 15) is 0 Å². The van der Waals surface area contributed by atoms with Crippen molar-refractivity contribution in [3.8, 4) is 5.75 Å². The van der Waals surface area contributed by atoms with Crippen LogP contribution in [0.2, 0.25) is 5.15 Å². The second kappa shape index (κ2) is 2.68. The Bertz CT molecular complexity index is 410. The normalized spacial score (nSPS) is 10.5. The van der Waals surface area contributed by atoms with E-state index in [1.165, 1.54) is 0 Å². The first-order chi connectivity index (χ1) is 5.81. The molecule has 3 nitrogen and oxygen atoms in total. The predicted octanol–water partition coefficient (Wildman–Crippen LogP) is 2.22. The first-order valence-corrected chi connectivity index (χ1v) is 3.86. The van der Waals surface area contributed by atoms with E-state index in [2.05, 4.69) is 10.2 Å². The zero-order valence-electron chi connectivity index (χ0n) is 6.47. The van der Waals surface area contributed by atoms with Gasteiger partial charge >= 0.3 is 0 Å². The van der Waals surface area contributed by atoms with Gasteiger partial charge in [-0.25, -0.2) is 0 Å². The van der Waals surface area contributed by atoms with Gasteiger partial charge in [-0.1, -0.05) is 11.6 Å². The lowest BCUT2D eigenvalue weighted by Crippen LogP contribution is -1.80. The van der Waals surface area contributed by atoms with Gasteiger partial charge in [0, 0.05) is 11.5 Å². The molecule has 1 aromatic heterocycles. The third-order valence-electron chi connectivity index (χ3n) is 1.72. The minimum atomic E-state index is 0.563. The Labute approximate surface area is 74.3 Å². The number of halogens is 1. The van der Waals surface area contributed by atoms with Crippen molar-refractivity contribution < 1.29 is 4.74 Å². The molecular weight excluding hydrogens is 176 g/mol. The first-order valence-electron chi connectivity index (χ1n) is 3.49. The molecule has 0 radical (unpaired) electrons. The molecule has 0 fully saturated rings. The number of methoxy groups -OCH3 is 1. The van der Waals surface area contributed by atoms with Gasteiger partial charge in [-0.15, -0.1) is 0 Å². The molecule has 1 heterocycles. The van der Waals surface area contributed by atoms with Crippen LogP contribution in [0.5, 0.6) is 5.75 Å². The summed E-state index contributed by atoms with van der Waals surface area (Å²) in [4.78, 5) is 0. The molecule has 0 aliphatic carbocycles. The third kappa shape index (κ3) is 1.02. The fourth-order valence-electron chi connectivity index (χ4n) is 1.09. The number of hydrogen-bond donors (Lipinski definition) is 1. The van der Waals surface area contributed by atoms with Gasteiger partial charge in [0.2, 0.25) is 0 Å². The molecule has 1 N–H and O–H groups in total. The minimum Gasteiger partial charge on any atom is -0.497 e. The number of fused-ring (bicyclic) bond motifs is 1. The van der Waals surface area contributed by atoms with Crippen LogP contribution >= 0.6 is 11.6 Å². The summed E-state index contributed by atoms with van der Waals surface area (Å²) >= 11 is 5.81. The van der Waals surface area contributed by atoms with Crippen LogP contribution in [-0.2, 0) is 0 Å². The molecule has 0 spiro atoms. The molecule has 1 aromatic carbocycles. The molecule has 0 atom stereocenters. The van der Waals surface area contributed by atoms with Crippen molar-refractivity contribution in [1.82, 2.24) is 10.2 Å². The highest BCUT2D eigenvalue weighted by atomic mass is 35.5. The van der Waals surface area contributed by atoms with Crippen LogP contribution in [0.25, 0.3) is 10.9 Å². The zero-order chi connectivity index (χ0) is 8.55. The third-order valence-corrected chi connectivity index (χ3v) is 2.00. The summed E-state index contributed by atoms with van der Waals surface area (Å²) in [6, 6.07) is 5.56. The average molecular weight is 183 g/mol. The maximum absolute atomic E-state index is 5.81. The smallest absolute Gasteiger partial charge is 0.132 e. The van der Waals surface area contributed by atoms with E-state index < -0.39 is 0 Å². The van der Waals surface area contributed by atoms with Crippen molar-refractivity contribution in [2.75, 3.05) is 7.11 Å². The molecule has 0 aliphatic rings. The lowest BCUT2D eigenvalue weighted by molar-refractivity contribution is 0.415. The lowest BCUT2D eigenvalue weighted by atomic mass is 10.2. The molecular formula is C8H7ClN2O. The van der Waals surface area contributed by atoms with Gasteiger partial charge in [0.05, 0.1) is 12.6 Å². The van der Waals surface area contributed by atoms with Crippen LogP contribution in [0.15, 0.2) is 18.2 Å². The molecule has 0 amide bonds. The van der Waals surface area contributed by atoms with E-state index in [1.54, 1.807) is 7.11 Å². The summed E-state index contributed by atoms with van der Waals surface area (Å²) in [7, 11) is 1.62. The maximum atomic E-state index is 5.81. The number of nitrogens with zero attached hydrogens (tertiary/aromatic N) is 1. The summed E-state index contributed by atoms with van der Waals surface area (Å²) in [6.07, 6.45) is 0. The minimum absolute atomic E-state index is 0.563. The first kappa shape index (κ1) is 7.43. The van der Waals surface area contributed by atoms with Crippen LogP contribution < -0.4 is 4.74 Å². The quantitative estimate of drug-likeness (QED) is 0.735. The van der Waals surface area contributed by atoms with Crippen molar-refractivity contribution >= 4 is 22.5 Å². The largest absolute Gasteiger partial charge is 0.497 e. The summed E-state index contributed by atoms with van der Waals surface area (Å²) < 4.78 is 5.03. The number of aromatic amines is 1. The Morgan fingerprint density at radius 3 is 3.08 bits per heavy atom. The average Bonchev–Trinajstić information content (AvgIpc) is 2.47. The van der Waals surface area contributed by atoms with Gasteiger partial charge in [-0.05, 0) is 12.1 Å². The molecule has 0 saturated carbocycles. The van der Waals surface area contributed by atoms with E-state index in [0.29, 0.717) is 5.15 Å². The SMILES string of the molecule is COc1ccc2c(Cl)[nH]nc2c1. The predicted molar refractivity (Wildman–Crippen MR) is 47.7 cm³/mol. The lowest BCUT2D eigenvalue weighted by Gasteiger charge is -1.96. The highest BCUT2D eigenvalue weighted by molar-refractivity contribution is 6.34. The van der Waals surface area contributed by atoms with Crippen molar-refractivity contribution in [2.24, 2.45) is 0 Å². The van der Waals surface area contributed by atoms with Crippen LogP contribution in [0.1, 0.15) is 0 Å². The van der Waals surface area contributed by atoms with Gasteiger partial charge in [0.25, 0.3) is 0 Å². The van der Waals surface area contributed by atoms with Crippen LogP contribution in [0, 0.1) is 0 Å². The molecule has 0 aliphatic heterocycles. The Balaban J connectivity index is 2.69. The van der Waals surface area contributed by atoms with E-state index >= 15 is 0 Å². The number of benzene rings is 1. The van der Waals surface area contributed by atoms with Crippen LogP contribution in [0.4, 0.5) is 0 Å². The number of nitrogens with one attached hydrogen (secondary N) is 1. The van der Waals surface area contributed by atoms with Gasteiger partial charge < -0.3 is 4.74 Å². The highest BCUT2D eigenvalue weighted by Crippen LogP contribution is 2.23. The van der Waals surface area contributed by atoms with Gasteiger partial charge in [-0.3, -0.25) is 5.10 Å². The Morgan fingerprint density at radius 2 is 2.33 bits per heavy atom. The maximum Gasteiger partial charge on any atom is 0.132 e. The van der Waals surface area contributed by atoms with E-state index in [-0.39, 0.29) is 0 Å². The highest BCUT2D eigenvalue weighted by Gasteiger charge is 2.02. The number of hydrogen-bond acceptors (Lipinski definition) is 2. The van der Waals surface area contributed by atoms with Crippen molar-refractivity contribution in [3.05, 3.63) is 23.4 Å². The molecule has 0 bridgehead atoms. The molecule has 2 rings (SSSR count). The van der Waals surface area contributed by atoms with Gasteiger partial charge in [-0.2, -0.15) is 5.10 Å². The van der Waals surface area contributed by atoms with Gasteiger partial charge in [0.1, 0.15) is 10.9 Å². The molecule has 12 heavy (non-hydrogen) atoms. The van der Waals surface area contributed by atoms with Crippen molar-refractivity contribution in [1.29, 1.82) is 0 Å². The summed E-state index contributed by atoms with van der Waals surface area (Å²) in [6.45, 7) is 0. The van der Waals surface area contributed by atoms with Gasteiger partial charge in [0.15, 0.2) is 0 Å². The molecule has 62 valence electrons. The molecule has 0 unspecified atom stereocenters. The fraction of sp³-hybridized carbons (Fsp3) is 0.125. The number of ether oxygens (including phenoxy) is 1. The number of rotatable bonds is 1. The van der Waals surface area contributed by atoms with E-state index in [0.717, 1.165) is 16.7 Å². The summed E-state index contributed by atoms with van der Waals surface area (Å²) in [5.74, 6) is 0.783. The number of aromatic nitrogens is 2. The Kier molecular flexibility index (Phi) is 1.66. The fourth-order valence-corrected chi connectivity index (χ4v) is 1.29. The zero-order valence-corrected chi connectivity index (χ0v) is 7.22. The monoisotopic (exact) mass is 182 g/mol. The second-order valence-corrected chi connectivity index (χ2v) is 2.80. The van der Waals surface area contributed by atoms with Crippen molar-refractivity contribution in [2.45, 2.75) is 0 Å². The second-order valence-electron chi connectivity index (χ2n) is 2.42. The molecule has 0 saturated heterocycles. The Hall–Kier alpha value is -1.22. The topological polar surface area (TPSA) is 37.9 Å². The molecule has 2 aromatic rings.